The summed E-state index contributed by atoms with van der Waals surface area (Å²) in [5.74, 6) is 0. The molecule has 56 valence electrons. The van der Waals surface area contributed by atoms with E-state index < -0.39 is 0 Å². The van der Waals surface area contributed by atoms with E-state index in [4.69, 9.17) is 5.73 Å². The van der Waals surface area contributed by atoms with Crippen molar-refractivity contribution in [2.45, 2.75) is 0 Å². The van der Waals surface area contributed by atoms with Gasteiger partial charge in [-0.3, -0.25) is 0 Å². The van der Waals surface area contributed by atoms with Crippen LogP contribution in [0.25, 0.3) is 11.3 Å². The van der Waals surface area contributed by atoms with Crippen molar-refractivity contribution < 1.29 is 0 Å². The van der Waals surface area contributed by atoms with Crippen molar-refractivity contribution in [3.05, 3.63) is 16.8 Å². The van der Waals surface area contributed by atoms with E-state index in [2.05, 4.69) is 9.59 Å². The minimum atomic E-state index is 0.813. The monoisotopic (exact) mass is 183 g/mol. The Labute approximate surface area is 71.7 Å². The summed E-state index contributed by atoms with van der Waals surface area (Å²) in [6.45, 7) is 0. The molecule has 0 fully saturated rings. The van der Waals surface area contributed by atoms with E-state index in [1.54, 1.807) is 0 Å². The first kappa shape index (κ1) is 6.75. The van der Waals surface area contributed by atoms with Crippen LogP contribution >= 0.6 is 22.9 Å². The van der Waals surface area contributed by atoms with Crippen LogP contribution in [0.15, 0.2) is 16.8 Å². The summed E-state index contributed by atoms with van der Waals surface area (Å²) < 4.78 is 3.76. The molecule has 11 heavy (non-hydrogen) atoms. The van der Waals surface area contributed by atoms with Crippen LogP contribution in [0.1, 0.15) is 0 Å². The average Bonchev–Trinajstić information content (AvgIpc) is 2.55. The van der Waals surface area contributed by atoms with Gasteiger partial charge in [-0.25, -0.2) is 0 Å². The van der Waals surface area contributed by atoms with Crippen molar-refractivity contribution in [1.82, 2.24) is 9.59 Å². The number of nitrogen functional groups attached to an aromatic ring is 1. The van der Waals surface area contributed by atoms with Crippen molar-refractivity contribution in [2.75, 3.05) is 5.73 Å². The Kier molecular flexibility index (Phi) is 1.59. The molecule has 0 amide bonds. The van der Waals surface area contributed by atoms with Gasteiger partial charge in [0.15, 0.2) is 0 Å². The van der Waals surface area contributed by atoms with E-state index in [1.807, 2.05) is 16.8 Å². The Bertz CT molecular complexity index is 338. The average molecular weight is 183 g/mol. The molecule has 0 aliphatic heterocycles. The van der Waals surface area contributed by atoms with Gasteiger partial charge in [0.25, 0.3) is 0 Å². The molecule has 2 aromatic rings. The van der Waals surface area contributed by atoms with Crippen molar-refractivity contribution in [2.24, 2.45) is 0 Å². The lowest BCUT2D eigenvalue weighted by Crippen LogP contribution is -1.75. The molecular weight excluding hydrogens is 178 g/mol. The number of anilines is 1. The molecule has 2 rings (SSSR count). The quantitative estimate of drug-likeness (QED) is 0.734. The zero-order valence-corrected chi connectivity index (χ0v) is 7.15. The van der Waals surface area contributed by atoms with Gasteiger partial charge in [-0.05, 0) is 17.6 Å². The molecular formula is C6H5N3S2. The Hall–Kier alpha value is -0.940. The van der Waals surface area contributed by atoms with Crippen LogP contribution in [0.3, 0.4) is 0 Å². The van der Waals surface area contributed by atoms with Crippen LogP contribution in [0, 0.1) is 0 Å². The summed E-state index contributed by atoms with van der Waals surface area (Å²) in [6, 6.07) is 1.90. The van der Waals surface area contributed by atoms with Crippen molar-refractivity contribution in [1.29, 1.82) is 0 Å². The minimum Gasteiger partial charge on any atom is -0.391 e. The van der Waals surface area contributed by atoms with Gasteiger partial charge >= 0.3 is 0 Å². The summed E-state index contributed by atoms with van der Waals surface area (Å²) in [5, 5.41) is 8.61. The Morgan fingerprint density at radius 1 is 1.36 bits per heavy atom. The second kappa shape index (κ2) is 2.60. The number of rotatable bonds is 1. The third kappa shape index (κ3) is 1.24. The molecule has 2 N–H and O–H groups in total. The van der Waals surface area contributed by atoms with Gasteiger partial charge < -0.3 is 5.73 Å². The predicted octanol–water partition coefficient (Wildman–Crippen LogP) is 1.85. The summed E-state index contributed by atoms with van der Waals surface area (Å²) in [6.07, 6.45) is 0. The highest BCUT2D eigenvalue weighted by molar-refractivity contribution is 7.14. The van der Waals surface area contributed by atoms with Crippen molar-refractivity contribution in [3.63, 3.8) is 0 Å². The van der Waals surface area contributed by atoms with E-state index in [0.29, 0.717) is 0 Å². The van der Waals surface area contributed by atoms with E-state index in [9.17, 15) is 0 Å². The second-order valence-electron chi connectivity index (χ2n) is 2.03. The summed E-state index contributed by atoms with van der Waals surface area (Å²) in [4.78, 5) is 0. The standard InChI is InChI=1S/C6H5N3S2/c7-6-1-4(2-10-6)5-3-11-9-8-5/h1-3H,7H2. The van der Waals surface area contributed by atoms with Gasteiger partial charge in [0, 0.05) is 16.3 Å². The highest BCUT2D eigenvalue weighted by atomic mass is 32.1. The number of nitrogens with two attached hydrogens (primary N) is 1. The van der Waals surface area contributed by atoms with E-state index in [1.165, 1.54) is 22.9 Å². The molecule has 0 saturated heterocycles. The van der Waals surface area contributed by atoms with Gasteiger partial charge in [0.1, 0.15) is 5.69 Å². The molecule has 0 unspecified atom stereocenters. The molecule has 3 nitrogen and oxygen atoms in total. The van der Waals surface area contributed by atoms with Gasteiger partial charge in [0.05, 0.1) is 5.00 Å². The Morgan fingerprint density at radius 2 is 2.27 bits per heavy atom. The molecule has 0 saturated carbocycles. The zero-order valence-electron chi connectivity index (χ0n) is 5.52. The van der Waals surface area contributed by atoms with Crippen LogP contribution in [0.4, 0.5) is 5.00 Å². The molecule has 5 heteroatoms. The molecule has 0 aromatic carbocycles. The van der Waals surface area contributed by atoms with E-state index in [0.717, 1.165) is 16.3 Å². The lowest BCUT2D eigenvalue weighted by atomic mass is 10.3. The van der Waals surface area contributed by atoms with Gasteiger partial charge in [-0.15, -0.1) is 16.4 Å². The maximum Gasteiger partial charge on any atom is 0.106 e. The lowest BCUT2D eigenvalue weighted by Gasteiger charge is -1.83. The molecule has 0 aliphatic carbocycles. The van der Waals surface area contributed by atoms with Gasteiger partial charge in [0.2, 0.25) is 0 Å². The SMILES string of the molecule is Nc1cc(-c2csnn2)cs1. The molecule has 0 radical (unpaired) electrons. The highest BCUT2D eigenvalue weighted by Crippen LogP contribution is 2.25. The Balaban J connectivity index is 2.45. The smallest absolute Gasteiger partial charge is 0.106 e. The first-order valence-corrected chi connectivity index (χ1v) is 4.69. The first-order valence-electron chi connectivity index (χ1n) is 2.98. The maximum absolute atomic E-state index is 5.56. The van der Waals surface area contributed by atoms with Crippen LogP contribution in [-0.2, 0) is 0 Å². The van der Waals surface area contributed by atoms with Crippen LogP contribution in [0.2, 0.25) is 0 Å². The van der Waals surface area contributed by atoms with Crippen LogP contribution < -0.4 is 5.73 Å². The molecule has 2 aromatic heterocycles. The first-order chi connectivity index (χ1) is 5.36. The molecule has 2 heterocycles. The van der Waals surface area contributed by atoms with Gasteiger partial charge in [-0.2, -0.15) is 0 Å². The summed E-state index contributed by atoms with van der Waals surface area (Å²) in [5.41, 5.74) is 7.52. The minimum absolute atomic E-state index is 0.813. The molecule has 0 spiro atoms. The maximum atomic E-state index is 5.56. The molecule has 0 atom stereocenters. The van der Waals surface area contributed by atoms with Crippen LogP contribution in [-0.4, -0.2) is 9.59 Å². The van der Waals surface area contributed by atoms with Crippen LogP contribution in [0.5, 0.6) is 0 Å². The number of aromatic nitrogens is 2. The Morgan fingerprint density at radius 3 is 2.82 bits per heavy atom. The highest BCUT2D eigenvalue weighted by Gasteiger charge is 2.01. The largest absolute Gasteiger partial charge is 0.391 e. The normalized spacial score (nSPS) is 10.2. The van der Waals surface area contributed by atoms with Gasteiger partial charge in [-0.1, -0.05) is 4.49 Å². The number of thiophene rings is 1. The van der Waals surface area contributed by atoms with E-state index >= 15 is 0 Å². The number of hydrogen-bond donors (Lipinski definition) is 1. The molecule has 0 bridgehead atoms. The summed E-state index contributed by atoms with van der Waals surface area (Å²) >= 11 is 2.86. The summed E-state index contributed by atoms with van der Waals surface area (Å²) in [7, 11) is 0. The fourth-order valence-electron chi connectivity index (χ4n) is 0.778. The number of nitrogens with zero attached hydrogens (tertiary/aromatic N) is 2. The fraction of sp³-hybridized carbons (Fsp3) is 0. The zero-order chi connectivity index (χ0) is 7.68. The number of hydrogen-bond acceptors (Lipinski definition) is 5. The lowest BCUT2D eigenvalue weighted by molar-refractivity contribution is 1.16. The van der Waals surface area contributed by atoms with E-state index in [-0.39, 0.29) is 0 Å². The topological polar surface area (TPSA) is 51.8 Å². The predicted molar refractivity (Wildman–Crippen MR) is 47.6 cm³/mol. The molecule has 0 aliphatic rings. The van der Waals surface area contributed by atoms with Crippen molar-refractivity contribution in [3.8, 4) is 11.3 Å². The fourth-order valence-corrected chi connectivity index (χ4v) is 1.89. The second-order valence-corrected chi connectivity index (χ2v) is 3.58. The third-order valence-corrected chi connectivity index (χ3v) is 2.54. The van der Waals surface area contributed by atoms with Crippen molar-refractivity contribution >= 4 is 27.9 Å². The third-order valence-electron chi connectivity index (χ3n) is 1.28.